The fourth-order valence-corrected chi connectivity index (χ4v) is 1.40. The van der Waals surface area contributed by atoms with Gasteiger partial charge in [-0.3, -0.25) is 4.79 Å². The molecule has 1 aromatic carbocycles. The second kappa shape index (κ2) is 7.11. The van der Waals surface area contributed by atoms with E-state index < -0.39 is 18.0 Å². The van der Waals surface area contributed by atoms with E-state index in [1.54, 1.807) is 30.3 Å². The van der Waals surface area contributed by atoms with E-state index in [-0.39, 0.29) is 13.2 Å². The SMILES string of the molecule is C=CCOC(=O)NCC(C(=O)O)c1ccccc1. The fraction of sp³-hybridized carbons (Fsp3) is 0.231. The normalized spacial score (nSPS) is 11.3. The number of hydrogen-bond donors (Lipinski definition) is 2. The Bertz CT molecular complexity index is 416. The average molecular weight is 249 g/mol. The first-order chi connectivity index (χ1) is 8.65. The molecule has 0 aliphatic heterocycles. The number of benzene rings is 1. The maximum Gasteiger partial charge on any atom is 0.407 e. The summed E-state index contributed by atoms with van der Waals surface area (Å²) in [6, 6.07) is 8.71. The number of rotatable bonds is 6. The van der Waals surface area contributed by atoms with Gasteiger partial charge in [0.25, 0.3) is 0 Å². The van der Waals surface area contributed by atoms with Crippen LogP contribution in [0.4, 0.5) is 4.79 Å². The van der Waals surface area contributed by atoms with Crippen molar-refractivity contribution in [3.05, 3.63) is 48.6 Å². The summed E-state index contributed by atoms with van der Waals surface area (Å²) in [6.07, 6.45) is 0.780. The molecule has 0 aliphatic rings. The van der Waals surface area contributed by atoms with E-state index in [1.165, 1.54) is 6.08 Å². The molecule has 0 radical (unpaired) electrons. The third kappa shape index (κ3) is 4.29. The minimum Gasteiger partial charge on any atom is -0.481 e. The molecule has 0 spiro atoms. The van der Waals surface area contributed by atoms with E-state index in [4.69, 9.17) is 9.84 Å². The van der Waals surface area contributed by atoms with Gasteiger partial charge in [-0.1, -0.05) is 43.0 Å². The molecule has 0 saturated carbocycles. The smallest absolute Gasteiger partial charge is 0.407 e. The first kappa shape index (κ1) is 13.8. The van der Waals surface area contributed by atoms with Crippen LogP contribution in [-0.2, 0) is 9.53 Å². The van der Waals surface area contributed by atoms with Crippen molar-refractivity contribution in [3.63, 3.8) is 0 Å². The lowest BCUT2D eigenvalue weighted by Crippen LogP contribution is -2.32. The standard InChI is InChI=1S/C13H15NO4/c1-2-8-18-13(17)14-9-11(12(15)16)10-6-4-3-5-7-10/h2-7,11H,1,8-9H2,(H,14,17)(H,15,16). The molecule has 0 heterocycles. The van der Waals surface area contributed by atoms with Crippen molar-refractivity contribution >= 4 is 12.1 Å². The van der Waals surface area contributed by atoms with Crippen LogP contribution in [0.5, 0.6) is 0 Å². The minimum atomic E-state index is -0.995. The van der Waals surface area contributed by atoms with Gasteiger partial charge in [-0.2, -0.15) is 0 Å². The minimum absolute atomic E-state index is 0.0185. The molecule has 0 aliphatic carbocycles. The predicted octanol–water partition coefficient (Wildman–Crippen LogP) is 1.77. The number of aliphatic carboxylic acids is 1. The molecule has 1 amide bonds. The van der Waals surface area contributed by atoms with Crippen molar-refractivity contribution in [1.82, 2.24) is 5.32 Å². The van der Waals surface area contributed by atoms with Gasteiger partial charge in [-0.25, -0.2) is 4.79 Å². The number of nitrogens with one attached hydrogen (secondary N) is 1. The number of amides is 1. The van der Waals surface area contributed by atoms with E-state index in [9.17, 15) is 9.59 Å². The van der Waals surface area contributed by atoms with E-state index in [1.807, 2.05) is 0 Å². The molecule has 0 bridgehead atoms. The molecule has 96 valence electrons. The van der Waals surface area contributed by atoms with Crippen molar-refractivity contribution < 1.29 is 19.4 Å². The van der Waals surface area contributed by atoms with Crippen LogP contribution in [0.2, 0.25) is 0 Å². The molecule has 5 heteroatoms. The monoisotopic (exact) mass is 249 g/mol. The summed E-state index contributed by atoms with van der Waals surface area (Å²) in [5.74, 6) is -1.78. The van der Waals surface area contributed by atoms with Crippen LogP contribution in [0.3, 0.4) is 0 Å². The zero-order valence-electron chi connectivity index (χ0n) is 9.83. The molecule has 2 N–H and O–H groups in total. The summed E-state index contributed by atoms with van der Waals surface area (Å²) in [4.78, 5) is 22.3. The van der Waals surface area contributed by atoms with Crippen LogP contribution >= 0.6 is 0 Å². The third-order valence-corrected chi connectivity index (χ3v) is 2.28. The van der Waals surface area contributed by atoms with Gasteiger partial charge in [-0.15, -0.1) is 0 Å². The maximum absolute atomic E-state index is 11.2. The number of alkyl carbamates (subject to hydrolysis) is 1. The first-order valence-electron chi connectivity index (χ1n) is 5.44. The molecule has 1 aromatic rings. The molecular weight excluding hydrogens is 234 g/mol. The van der Waals surface area contributed by atoms with Crippen LogP contribution in [0.15, 0.2) is 43.0 Å². The molecule has 1 atom stereocenters. The molecule has 1 rings (SSSR count). The van der Waals surface area contributed by atoms with Crippen molar-refractivity contribution in [3.8, 4) is 0 Å². The van der Waals surface area contributed by atoms with Gasteiger partial charge in [-0.05, 0) is 5.56 Å². The number of hydrogen-bond acceptors (Lipinski definition) is 3. The Morgan fingerprint density at radius 3 is 2.61 bits per heavy atom. The van der Waals surface area contributed by atoms with Crippen molar-refractivity contribution in [2.24, 2.45) is 0 Å². The molecular formula is C13H15NO4. The van der Waals surface area contributed by atoms with Gasteiger partial charge < -0.3 is 15.2 Å². The second-order valence-electron chi connectivity index (χ2n) is 3.57. The molecule has 0 aromatic heterocycles. The average Bonchev–Trinajstić information content (AvgIpc) is 2.37. The topological polar surface area (TPSA) is 75.6 Å². The van der Waals surface area contributed by atoms with Crippen LogP contribution in [0, 0.1) is 0 Å². The number of carboxylic acid groups (broad SMARTS) is 1. The second-order valence-corrected chi connectivity index (χ2v) is 3.57. The molecule has 5 nitrogen and oxygen atoms in total. The summed E-state index contributed by atoms with van der Waals surface area (Å²) in [7, 11) is 0. The maximum atomic E-state index is 11.2. The van der Waals surface area contributed by atoms with E-state index in [2.05, 4.69) is 11.9 Å². The van der Waals surface area contributed by atoms with Gasteiger partial charge in [0.1, 0.15) is 6.61 Å². The summed E-state index contributed by atoms with van der Waals surface area (Å²) >= 11 is 0. The van der Waals surface area contributed by atoms with Crippen LogP contribution < -0.4 is 5.32 Å². The van der Waals surface area contributed by atoms with Gasteiger partial charge in [0.15, 0.2) is 0 Å². The number of carboxylic acids is 1. The van der Waals surface area contributed by atoms with E-state index in [0.29, 0.717) is 5.56 Å². The van der Waals surface area contributed by atoms with E-state index in [0.717, 1.165) is 0 Å². The zero-order chi connectivity index (χ0) is 13.4. The van der Waals surface area contributed by atoms with Crippen LogP contribution in [0.1, 0.15) is 11.5 Å². The van der Waals surface area contributed by atoms with E-state index >= 15 is 0 Å². The van der Waals surface area contributed by atoms with Gasteiger partial charge >= 0.3 is 12.1 Å². The molecule has 18 heavy (non-hydrogen) atoms. The molecule has 1 unspecified atom stereocenters. The number of carbonyl (C=O) groups is 2. The first-order valence-corrected chi connectivity index (χ1v) is 5.44. The largest absolute Gasteiger partial charge is 0.481 e. The summed E-state index contributed by atoms with van der Waals surface area (Å²) in [5, 5.41) is 11.5. The summed E-state index contributed by atoms with van der Waals surface area (Å²) in [6.45, 7) is 3.48. The summed E-state index contributed by atoms with van der Waals surface area (Å²) < 4.78 is 4.70. The van der Waals surface area contributed by atoms with Crippen molar-refractivity contribution in [2.45, 2.75) is 5.92 Å². The third-order valence-electron chi connectivity index (χ3n) is 2.28. The predicted molar refractivity (Wildman–Crippen MR) is 66.4 cm³/mol. The Balaban J connectivity index is 2.57. The Labute approximate surface area is 105 Å². The highest BCUT2D eigenvalue weighted by molar-refractivity contribution is 5.77. The summed E-state index contributed by atoms with van der Waals surface area (Å²) in [5.41, 5.74) is 0.633. The molecule has 0 fully saturated rings. The van der Waals surface area contributed by atoms with Gasteiger partial charge in [0, 0.05) is 6.54 Å². The fourth-order valence-electron chi connectivity index (χ4n) is 1.40. The van der Waals surface area contributed by atoms with Gasteiger partial charge in [0.2, 0.25) is 0 Å². The Morgan fingerprint density at radius 1 is 1.39 bits per heavy atom. The quantitative estimate of drug-likeness (QED) is 0.753. The highest BCUT2D eigenvalue weighted by Gasteiger charge is 2.20. The number of carbonyl (C=O) groups excluding carboxylic acids is 1. The van der Waals surface area contributed by atoms with Gasteiger partial charge in [0.05, 0.1) is 5.92 Å². The van der Waals surface area contributed by atoms with Crippen molar-refractivity contribution in [2.75, 3.05) is 13.2 Å². The lowest BCUT2D eigenvalue weighted by molar-refractivity contribution is -0.138. The Kier molecular flexibility index (Phi) is 5.44. The highest BCUT2D eigenvalue weighted by atomic mass is 16.5. The Morgan fingerprint density at radius 2 is 2.06 bits per heavy atom. The lowest BCUT2D eigenvalue weighted by atomic mass is 9.99. The van der Waals surface area contributed by atoms with Crippen LogP contribution in [0.25, 0.3) is 0 Å². The number of ether oxygens (including phenoxy) is 1. The highest BCUT2D eigenvalue weighted by Crippen LogP contribution is 2.14. The molecule has 0 saturated heterocycles. The zero-order valence-corrected chi connectivity index (χ0v) is 9.83. The lowest BCUT2D eigenvalue weighted by Gasteiger charge is -2.13. The van der Waals surface area contributed by atoms with Crippen molar-refractivity contribution in [1.29, 1.82) is 0 Å². The Hall–Kier alpha value is -2.30. The van der Waals surface area contributed by atoms with Crippen LogP contribution in [-0.4, -0.2) is 30.3 Å².